The van der Waals surface area contributed by atoms with Crippen LogP contribution in [0.2, 0.25) is 0 Å². The van der Waals surface area contributed by atoms with Crippen LogP contribution >= 0.6 is 0 Å². The van der Waals surface area contributed by atoms with E-state index >= 15 is 0 Å². The molecule has 0 bridgehead atoms. The van der Waals surface area contributed by atoms with Gasteiger partial charge in [-0.25, -0.2) is 20.0 Å². The zero-order valence-corrected chi connectivity index (χ0v) is 16.3. The van der Waals surface area contributed by atoms with Crippen molar-refractivity contribution in [1.82, 2.24) is 9.97 Å². The highest BCUT2D eigenvalue weighted by Crippen LogP contribution is 2.24. The number of aromatic nitrogens is 2. The lowest BCUT2D eigenvalue weighted by Gasteiger charge is -2.13. The van der Waals surface area contributed by atoms with Gasteiger partial charge >= 0.3 is 0 Å². The summed E-state index contributed by atoms with van der Waals surface area (Å²) in [6.45, 7) is 7.95. The highest BCUT2D eigenvalue weighted by atomic mass is 15.2. The Balaban J connectivity index is 1.80. The fourth-order valence-electron chi connectivity index (χ4n) is 3.21. The van der Waals surface area contributed by atoms with E-state index in [1.54, 1.807) is 0 Å². The van der Waals surface area contributed by atoms with E-state index in [-0.39, 0.29) is 0 Å². The van der Waals surface area contributed by atoms with Crippen LogP contribution in [0.3, 0.4) is 0 Å². The van der Waals surface area contributed by atoms with E-state index in [1.807, 2.05) is 76.2 Å². The summed E-state index contributed by atoms with van der Waals surface area (Å²) >= 11 is 0. The summed E-state index contributed by atoms with van der Waals surface area (Å²) in [5, 5.41) is 8.65. The van der Waals surface area contributed by atoms with Crippen molar-refractivity contribution in [2.24, 2.45) is 20.2 Å². The van der Waals surface area contributed by atoms with Crippen LogP contribution in [0.25, 0.3) is 0 Å². The average Bonchev–Trinajstić information content (AvgIpc) is 2.62. The number of aryl methyl sites for hydroxylation is 4. The molecule has 1 aromatic carbocycles. The highest BCUT2D eigenvalue weighted by molar-refractivity contribution is 6.15. The second-order valence-corrected chi connectivity index (χ2v) is 6.90. The molecule has 3 aromatic rings. The summed E-state index contributed by atoms with van der Waals surface area (Å²) in [7, 11) is 0. The van der Waals surface area contributed by atoms with Crippen LogP contribution < -0.4 is 0 Å². The number of amidine groups is 2. The van der Waals surface area contributed by atoms with Crippen molar-refractivity contribution < 1.29 is 0 Å². The van der Waals surface area contributed by atoms with E-state index in [9.17, 15) is 0 Å². The van der Waals surface area contributed by atoms with Crippen molar-refractivity contribution in [3.05, 3.63) is 82.2 Å². The fourth-order valence-corrected chi connectivity index (χ4v) is 3.21. The van der Waals surface area contributed by atoms with Gasteiger partial charge in [0.25, 0.3) is 0 Å². The molecule has 6 heteroatoms. The lowest BCUT2D eigenvalue weighted by atomic mass is 10.0. The van der Waals surface area contributed by atoms with E-state index in [0.717, 1.165) is 33.6 Å². The number of aliphatic imine (C=N–C) groups is 2. The molecule has 1 aliphatic rings. The van der Waals surface area contributed by atoms with E-state index < -0.39 is 0 Å². The van der Waals surface area contributed by atoms with E-state index in [2.05, 4.69) is 30.2 Å². The highest BCUT2D eigenvalue weighted by Gasteiger charge is 2.19. The van der Waals surface area contributed by atoms with Crippen molar-refractivity contribution in [3.8, 4) is 0 Å². The third-order valence-corrected chi connectivity index (χ3v) is 4.26. The number of rotatable bonds is 2. The number of fused-ring (bicyclic) bond motifs is 1. The summed E-state index contributed by atoms with van der Waals surface area (Å²) < 4.78 is 0. The van der Waals surface area contributed by atoms with Gasteiger partial charge in [-0.1, -0.05) is 24.3 Å². The number of nitrogens with zero attached hydrogens (tertiary/aromatic N) is 6. The van der Waals surface area contributed by atoms with Gasteiger partial charge in [-0.2, -0.15) is 0 Å². The average molecular weight is 368 g/mol. The molecule has 0 radical (unpaired) electrons. The predicted molar refractivity (Wildman–Crippen MR) is 111 cm³/mol. The number of azo groups is 1. The smallest absolute Gasteiger partial charge is 0.184 e. The summed E-state index contributed by atoms with van der Waals surface area (Å²) in [4.78, 5) is 18.2. The minimum absolute atomic E-state index is 0.528. The van der Waals surface area contributed by atoms with E-state index in [1.165, 1.54) is 0 Å². The molecule has 0 N–H and O–H groups in total. The Hall–Kier alpha value is -3.54. The number of hydrogen-bond acceptors (Lipinski definition) is 4. The largest absolute Gasteiger partial charge is 0.234 e. The first kappa shape index (κ1) is 17.9. The van der Waals surface area contributed by atoms with Gasteiger partial charge in [0, 0.05) is 22.5 Å². The van der Waals surface area contributed by atoms with Gasteiger partial charge in [-0.15, -0.1) is 10.2 Å². The maximum absolute atomic E-state index is 4.63. The van der Waals surface area contributed by atoms with Crippen molar-refractivity contribution in [1.29, 1.82) is 0 Å². The molecule has 0 saturated heterocycles. The van der Waals surface area contributed by atoms with Crippen LogP contribution in [0.1, 0.15) is 33.6 Å². The maximum atomic E-state index is 4.63. The topological polar surface area (TPSA) is 75.2 Å². The SMILES string of the molecule is Cc1cc(C)nc(/N=C2N=N/C(=N\c3cc(C)cc(C)n3)c3ccccc3\2)c1. The van der Waals surface area contributed by atoms with Crippen LogP contribution in [0.4, 0.5) is 11.6 Å². The van der Waals surface area contributed by atoms with Crippen LogP contribution in [-0.2, 0) is 0 Å². The summed E-state index contributed by atoms with van der Waals surface area (Å²) in [6.07, 6.45) is 0. The Labute approximate surface area is 163 Å². The lowest BCUT2D eigenvalue weighted by molar-refractivity contribution is 1.13. The molecule has 2 aromatic heterocycles. The van der Waals surface area contributed by atoms with Gasteiger partial charge in [-0.05, 0) is 63.1 Å². The molecular formula is C22H20N6. The second-order valence-electron chi connectivity index (χ2n) is 6.90. The molecular weight excluding hydrogens is 348 g/mol. The third kappa shape index (κ3) is 3.76. The van der Waals surface area contributed by atoms with Crippen molar-refractivity contribution in [3.63, 3.8) is 0 Å². The van der Waals surface area contributed by atoms with Gasteiger partial charge in [0.15, 0.2) is 23.3 Å². The lowest BCUT2D eigenvalue weighted by Crippen LogP contribution is -2.12. The standard InChI is InChI=1S/C22H20N6/c1-13-9-15(3)23-19(11-13)25-21-17-7-5-6-8-18(17)22(28-27-21)26-20-12-14(2)10-16(4)24-20/h5-12H,1-4H3/b25-21-,26-22-. The third-order valence-electron chi connectivity index (χ3n) is 4.26. The maximum Gasteiger partial charge on any atom is 0.184 e. The Morgan fingerprint density at radius 1 is 0.607 bits per heavy atom. The van der Waals surface area contributed by atoms with Gasteiger partial charge < -0.3 is 0 Å². The Morgan fingerprint density at radius 3 is 1.43 bits per heavy atom. The molecule has 3 heterocycles. The minimum atomic E-state index is 0.528. The first-order chi connectivity index (χ1) is 13.5. The molecule has 0 amide bonds. The minimum Gasteiger partial charge on any atom is -0.234 e. The number of pyridine rings is 2. The van der Waals surface area contributed by atoms with E-state index in [0.29, 0.717) is 23.3 Å². The van der Waals surface area contributed by atoms with Gasteiger partial charge in [-0.3, -0.25) is 0 Å². The number of hydrogen-bond donors (Lipinski definition) is 0. The van der Waals surface area contributed by atoms with Crippen molar-refractivity contribution >= 4 is 23.3 Å². The zero-order valence-electron chi connectivity index (χ0n) is 16.3. The predicted octanol–water partition coefficient (Wildman–Crippen LogP) is 5.33. The van der Waals surface area contributed by atoms with Gasteiger partial charge in [0.05, 0.1) is 0 Å². The Kier molecular flexibility index (Phi) is 4.61. The summed E-state index contributed by atoms with van der Waals surface area (Å²) in [5.74, 6) is 2.30. The van der Waals surface area contributed by atoms with Crippen LogP contribution in [0.15, 0.2) is 68.7 Å². The second kappa shape index (κ2) is 7.23. The van der Waals surface area contributed by atoms with Crippen molar-refractivity contribution in [2.45, 2.75) is 27.7 Å². The summed E-state index contributed by atoms with van der Waals surface area (Å²) in [6, 6.07) is 15.7. The molecule has 6 nitrogen and oxygen atoms in total. The van der Waals surface area contributed by atoms with Gasteiger partial charge in [0.1, 0.15) is 0 Å². The molecule has 0 saturated carbocycles. The zero-order chi connectivity index (χ0) is 19.7. The Bertz CT molecular complexity index is 1030. The van der Waals surface area contributed by atoms with Crippen LogP contribution in [0.5, 0.6) is 0 Å². The molecule has 0 aliphatic carbocycles. The number of benzene rings is 1. The summed E-state index contributed by atoms with van der Waals surface area (Å²) in [5.41, 5.74) is 5.81. The van der Waals surface area contributed by atoms with E-state index in [4.69, 9.17) is 0 Å². The van der Waals surface area contributed by atoms with Crippen LogP contribution in [0, 0.1) is 27.7 Å². The molecule has 28 heavy (non-hydrogen) atoms. The molecule has 0 atom stereocenters. The Morgan fingerprint density at radius 2 is 1.04 bits per heavy atom. The van der Waals surface area contributed by atoms with Crippen LogP contribution in [-0.4, -0.2) is 21.6 Å². The first-order valence-corrected chi connectivity index (χ1v) is 9.07. The quantitative estimate of drug-likeness (QED) is 0.613. The normalized spacial score (nSPS) is 15.9. The monoisotopic (exact) mass is 368 g/mol. The molecule has 0 spiro atoms. The first-order valence-electron chi connectivity index (χ1n) is 9.07. The molecule has 0 fully saturated rings. The van der Waals surface area contributed by atoms with Gasteiger partial charge in [0.2, 0.25) is 0 Å². The molecule has 0 unspecified atom stereocenters. The fraction of sp³-hybridized carbons (Fsp3) is 0.182. The molecule has 4 rings (SSSR count). The molecule has 1 aliphatic heterocycles. The van der Waals surface area contributed by atoms with Crippen molar-refractivity contribution in [2.75, 3.05) is 0 Å². The molecule has 138 valence electrons.